The van der Waals surface area contributed by atoms with Crippen LogP contribution in [0.15, 0.2) is 0 Å². The van der Waals surface area contributed by atoms with Crippen molar-refractivity contribution in [3.05, 3.63) is 0 Å². The van der Waals surface area contributed by atoms with Gasteiger partial charge in [-0.3, -0.25) is 0 Å². The van der Waals surface area contributed by atoms with Crippen molar-refractivity contribution in [3.8, 4) is 0 Å². The molecule has 0 atom stereocenters. The summed E-state index contributed by atoms with van der Waals surface area (Å²) in [6.45, 7) is 4.47. The van der Waals surface area contributed by atoms with Gasteiger partial charge in [-0.2, -0.15) is 9.61 Å². The Balaban J connectivity index is 3.07. The van der Waals surface area contributed by atoms with Gasteiger partial charge in [0.15, 0.2) is 0 Å². The zero-order valence-corrected chi connectivity index (χ0v) is 8.30. The fourth-order valence-electron chi connectivity index (χ4n) is 0.374. The fourth-order valence-corrected chi connectivity index (χ4v) is 0.374. The minimum Gasteiger partial charge on any atom is -0.398 e. The zero-order valence-electron chi connectivity index (χ0n) is 8.30. The molecule has 14 heavy (non-hydrogen) atoms. The lowest BCUT2D eigenvalue weighted by Crippen LogP contribution is -2.23. The predicted molar refractivity (Wildman–Crippen MR) is 44.8 cm³/mol. The normalized spacial score (nSPS) is 10.5. The first-order chi connectivity index (χ1) is 6.81. The summed E-state index contributed by atoms with van der Waals surface area (Å²) >= 11 is 0. The van der Waals surface area contributed by atoms with Crippen LogP contribution >= 0.6 is 0 Å². The topological polar surface area (TPSA) is 75.6 Å². The van der Waals surface area contributed by atoms with Crippen molar-refractivity contribution in [1.29, 1.82) is 0 Å². The molecule has 7 nitrogen and oxygen atoms in total. The highest BCUT2D eigenvalue weighted by Gasteiger charge is 2.20. The molecule has 0 amide bonds. The monoisotopic (exact) mass is 210 g/mol. The Labute approximate surface area is 82.7 Å². The van der Waals surface area contributed by atoms with E-state index in [1.165, 1.54) is 0 Å². The highest BCUT2D eigenvalue weighted by molar-refractivity contribution is 6.33. The fraction of sp³-hybridized carbons (Fsp3) is 1.00. The lowest BCUT2D eigenvalue weighted by molar-refractivity contribution is -0.516. The highest BCUT2D eigenvalue weighted by Crippen LogP contribution is 1.92. The summed E-state index contributed by atoms with van der Waals surface area (Å²) in [7, 11) is -1.72. The average molecular weight is 210 g/mol. The summed E-state index contributed by atoms with van der Waals surface area (Å²) in [5.74, 6) is 0. The maximum Gasteiger partial charge on any atom is 0.698 e. The van der Waals surface area contributed by atoms with E-state index in [-0.39, 0.29) is 0 Å². The standard InChI is InChI=1S/C6H15BO7/c1-3-5-9-13-11-7(8)12-14-10-6-4-2/h8H,3-6H2,1-2H3. The molecule has 0 bridgehead atoms. The summed E-state index contributed by atoms with van der Waals surface area (Å²) < 4.78 is 0. The first-order valence-corrected chi connectivity index (χ1v) is 4.39. The third kappa shape index (κ3) is 9.87. The molecule has 0 saturated carbocycles. The molecule has 0 aromatic rings. The van der Waals surface area contributed by atoms with Gasteiger partial charge in [0.1, 0.15) is 0 Å². The SMILES string of the molecule is CCCOOOB(O)OOOCCC. The van der Waals surface area contributed by atoms with Crippen LogP contribution in [-0.4, -0.2) is 25.6 Å². The largest absolute Gasteiger partial charge is 0.698 e. The van der Waals surface area contributed by atoms with E-state index in [0.717, 1.165) is 12.8 Å². The minimum atomic E-state index is -1.72. The lowest BCUT2D eigenvalue weighted by Gasteiger charge is -2.04. The van der Waals surface area contributed by atoms with E-state index < -0.39 is 7.32 Å². The maximum absolute atomic E-state index is 8.79. The van der Waals surface area contributed by atoms with E-state index in [1.54, 1.807) is 0 Å². The molecule has 0 spiro atoms. The second kappa shape index (κ2) is 10.9. The Morgan fingerprint density at radius 2 is 1.36 bits per heavy atom. The molecule has 0 fully saturated rings. The third-order valence-electron chi connectivity index (χ3n) is 0.914. The number of rotatable bonds is 10. The molecule has 0 heterocycles. The molecule has 0 aliphatic rings. The molecule has 0 rings (SSSR count). The van der Waals surface area contributed by atoms with Crippen molar-refractivity contribution in [2.45, 2.75) is 26.7 Å². The van der Waals surface area contributed by atoms with E-state index in [4.69, 9.17) is 5.02 Å². The molecule has 0 aromatic carbocycles. The second-order valence-electron chi connectivity index (χ2n) is 2.28. The molecule has 0 aliphatic heterocycles. The third-order valence-corrected chi connectivity index (χ3v) is 0.914. The van der Waals surface area contributed by atoms with Gasteiger partial charge in [-0.15, -0.1) is 0 Å². The first kappa shape index (κ1) is 13.8. The molecule has 1 N–H and O–H groups in total. The molecule has 84 valence electrons. The van der Waals surface area contributed by atoms with Crippen LogP contribution in [0, 0.1) is 0 Å². The Morgan fingerprint density at radius 1 is 0.929 bits per heavy atom. The van der Waals surface area contributed by atoms with Crippen LogP contribution in [0.3, 0.4) is 0 Å². The Hall–Kier alpha value is -0.215. The van der Waals surface area contributed by atoms with Crippen LogP contribution in [0.1, 0.15) is 26.7 Å². The van der Waals surface area contributed by atoms with E-state index in [1.807, 2.05) is 13.8 Å². The van der Waals surface area contributed by atoms with Gasteiger partial charge in [-0.1, -0.05) is 23.9 Å². The van der Waals surface area contributed by atoms with E-state index >= 15 is 0 Å². The smallest absolute Gasteiger partial charge is 0.398 e. The van der Waals surface area contributed by atoms with Crippen molar-refractivity contribution in [2.24, 2.45) is 0 Å². The molecule has 0 unspecified atom stereocenters. The van der Waals surface area contributed by atoms with Gasteiger partial charge in [0.2, 0.25) is 0 Å². The minimum absolute atomic E-state index is 0.347. The number of hydrogen-bond acceptors (Lipinski definition) is 7. The zero-order chi connectivity index (χ0) is 10.6. The molecule has 8 heteroatoms. The Kier molecular flexibility index (Phi) is 10.7. The molecule has 0 aromatic heterocycles. The van der Waals surface area contributed by atoms with Crippen LogP contribution in [0.2, 0.25) is 0 Å². The van der Waals surface area contributed by atoms with E-state index in [9.17, 15) is 0 Å². The van der Waals surface area contributed by atoms with Gasteiger partial charge in [0, 0.05) is 0 Å². The summed E-state index contributed by atoms with van der Waals surface area (Å²) in [4.78, 5) is 17.1. The summed E-state index contributed by atoms with van der Waals surface area (Å²) in [5.41, 5.74) is 0. The van der Waals surface area contributed by atoms with Crippen molar-refractivity contribution in [1.82, 2.24) is 0 Å². The van der Waals surface area contributed by atoms with Gasteiger partial charge in [-0.25, -0.2) is 9.78 Å². The van der Waals surface area contributed by atoms with Gasteiger partial charge >= 0.3 is 7.32 Å². The highest BCUT2D eigenvalue weighted by atomic mass is 17.6. The van der Waals surface area contributed by atoms with Crippen LogP contribution < -0.4 is 0 Å². The van der Waals surface area contributed by atoms with Gasteiger partial charge < -0.3 is 5.02 Å². The Bertz CT molecular complexity index is 102. The molecule has 0 aliphatic carbocycles. The molecular weight excluding hydrogens is 195 g/mol. The van der Waals surface area contributed by atoms with Crippen molar-refractivity contribution >= 4 is 7.32 Å². The van der Waals surface area contributed by atoms with Crippen molar-refractivity contribution in [2.75, 3.05) is 13.2 Å². The van der Waals surface area contributed by atoms with Gasteiger partial charge in [0.25, 0.3) is 0 Å². The molecule has 0 saturated heterocycles. The van der Waals surface area contributed by atoms with Crippen molar-refractivity contribution in [3.63, 3.8) is 0 Å². The lowest BCUT2D eigenvalue weighted by atomic mass is 10.3. The second-order valence-corrected chi connectivity index (χ2v) is 2.28. The summed E-state index contributed by atoms with van der Waals surface area (Å²) in [6.07, 6.45) is 1.52. The predicted octanol–water partition coefficient (Wildman–Crippen LogP) is 0.543. The number of hydrogen-bond donors (Lipinski definition) is 1. The molecule has 0 radical (unpaired) electrons. The van der Waals surface area contributed by atoms with Crippen LogP contribution in [-0.2, 0) is 29.5 Å². The maximum atomic E-state index is 8.79. The van der Waals surface area contributed by atoms with E-state index in [2.05, 4.69) is 29.5 Å². The van der Waals surface area contributed by atoms with E-state index in [0.29, 0.717) is 13.2 Å². The van der Waals surface area contributed by atoms with Crippen LogP contribution in [0.25, 0.3) is 0 Å². The van der Waals surface area contributed by atoms with Gasteiger partial charge in [0.05, 0.1) is 13.2 Å². The average Bonchev–Trinajstić information content (AvgIpc) is 2.19. The molecular formula is C6H15BO7. The van der Waals surface area contributed by atoms with Gasteiger partial charge in [-0.05, 0) is 12.8 Å². The van der Waals surface area contributed by atoms with Crippen LogP contribution in [0.4, 0.5) is 0 Å². The van der Waals surface area contributed by atoms with Crippen LogP contribution in [0.5, 0.6) is 0 Å². The Morgan fingerprint density at radius 3 is 1.71 bits per heavy atom. The van der Waals surface area contributed by atoms with Crippen molar-refractivity contribution < 1.29 is 34.5 Å². The summed E-state index contributed by atoms with van der Waals surface area (Å²) in [6, 6.07) is 0. The summed E-state index contributed by atoms with van der Waals surface area (Å²) in [5, 5.41) is 17.0. The first-order valence-electron chi connectivity index (χ1n) is 4.39. The quantitative estimate of drug-likeness (QED) is 0.244.